The lowest BCUT2D eigenvalue weighted by Crippen LogP contribution is -2.10. The Morgan fingerprint density at radius 3 is 1.76 bits per heavy atom. The minimum absolute atomic E-state index is 0.00940. The Balaban J connectivity index is 1.84. The number of nitrogens with one attached hydrogen (secondary N) is 1. The molecule has 34 heavy (non-hydrogen) atoms. The normalized spacial score (nSPS) is 10.1. The summed E-state index contributed by atoms with van der Waals surface area (Å²) in [5, 5.41) is 12.2. The van der Waals surface area contributed by atoms with Crippen LogP contribution in [0.2, 0.25) is 0 Å². The molecule has 1 amide bonds. The zero-order chi connectivity index (χ0) is 24.5. The van der Waals surface area contributed by atoms with Gasteiger partial charge in [0.1, 0.15) is 5.75 Å². The number of hydrogen-bond donors (Lipinski definition) is 2. The molecule has 0 aromatic heterocycles. The molecule has 0 unspecified atom stereocenters. The largest absolute Gasteiger partial charge is 0.508 e. The lowest BCUT2D eigenvalue weighted by atomic mass is 10.1. The molecular weight excluding hydrogens is 418 g/mol. The van der Waals surface area contributed by atoms with Crippen molar-refractivity contribution in [3.8, 4) is 29.4 Å². The summed E-state index contributed by atoms with van der Waals surface area (Å²) in [6.45, 7) is 2.27. The van der Waals surface area contributed by atoms with Crippen LogP contribution >= 0.6 is 0 Å². The molecule has 188 valence electrons. The molecule has 3 nitrogen and oxygen atoms in total. The predicted octanol–water partition coefficient (Wildman–Crippen LogP) is 8.77. The van der Waals surface area contributed by atoms with Crippen molar-refractivity contribution in [1.82, 2.24) is 0 Å². The van der Waals surface area contributed by atoms with Crippen LogP contribution in [-0.2, 0) is 4.79 Å². The number of amides is 1. The summed E-state index contributed by atoms with van der Waals surface area (Å²) in [5.74, 6) is 12.5. The Hall–Kier alpha value is -2.39. The van der Waals surface area contributed by atoms with E-state index >= 15 is 0 Å². The molecule has 0 bridgehead atoms. The highest BCUT2D eigenvalue weighted by Crippen LogP contribution is 2.16. The third kappa shape index (κ3) is 19.1. The zero-order valence-electron chi connectivity index (χ0n) is 21.6. The summed E-state index contributed by atoms with van der Waals surface area (Å²) in [6, 6.07) is 6.66. The third-order valence-corrected chi connectivity index (χ3v) is 5.98. The Morgan fingerprint density at radius 2 is 1.24 bits per heavy atom. The predicted molar refractivity (Wildman–Crippen MR) is 146 cm³/mol. The lowest BCUT2D eigenvalue weighted by molar-refractivity contribution is -0.116. The van der Waals surface area contributed by atoms with Crippen molar-refractivity contribution < 1.29 is 9.90 Å². The fraction of sp³-hybridized carbons (Fsp3) is 0.645. The molecule has 1 aromatic rings. The van der Waals surface area contributed by atoms with Gasteiger partial charge in [-0.1, -0.05) is 108 Å². The number of anilines is 1. The Morgan fingerprint density at radius 1 is 0.735 bits per heavy atom. The molecule has 1 aromatic carbocycles. The minimum Gasteiger partial charge on any atom is -0.508 e. The highest BCUT2D eigenvalue weighted by Gasteiger charge is 2.02. The monoisotopic (exact) mass is 465 g/mol. The van der Waals surface area contributed by atoms with Gasteiger partial charge >= 0.3 is 0 Å². The number of carbonyl (C=O) groups is 1. The van der Waals surface area contributed by atoms with Gasteiger partial charge in [0.25, 0.3) is 0 Å². The molecule has 1 rings (SSSR count). The molecule has 3 heteroatoms. The zero-order valence-corrected chi connectivity index (χ0v) is 21.6. The van der Waals surface area contributed by atoms with Crippen molar-refractivity contribution in [2.45, 2.75) is 129 Å². The van der Waals surface area contributed by atoms with E-state index in [0.717, 1.165) is 38.5 Å². The quantitative estimate of drug-likeness (QED) is 0.158. The Bertz CT molecular complexity index is 763. The molecule has 2 N–H and O–H groups in total. The van der Waals surface area contributed by atoms with Gasteiger partial charge in [0.15, 0.2) is 0 Å². The molecule has 0 aliphatic rings. The standard InChI is InChI=1S/C31H47NO2/c1-2-3-4-5-6-7-8-9-10-11-12-13-14-15-16-17-18-19-20-21-22-23-27-31(34)32-29-25-24-26-30(33)28-29/h24-26,28,33H,2-12,17-23,27H2,1H3,(H,32,34). The summed E-state index contributed by atoms with van der Waals surface area (Å²) < 4.78 is 0. The minimum atomic E-state index is 0.00940. The maximum absolute atomic E-state index is 11.9. The second-order valence-corrected chi connectivity index (χ2v) is 9.26. The molecular formula is C31H47NO2. The summed E-state index contributed by atoms with van der Waals surface area (Å²) in [7, 11) is 0. The third-order valence-electron chi connectivity index (χ3n) is 5.98. The van der Waals surface area contributed by atoms with Gasteiger partial charge in [-0.15, -0.1) is 0 Å². The first-order valence-corrected chi connectivity index (χ1v) is 13.8. The number of rotatable bonds is 19. The van der Waals surface area contributed by atoms with Crippen molar-refractivity contribution in [2.24, 2.45) is 0 Å². The first-order chi connectivity index (χ1) is 16.7. The van der Waals surface area contributed by atoms with Gasteiger partial charge in [0.05, 0.1) is 0 Å². The van der Waals surface area contributed by atoms with Gasteiger partial charge in [0, 0.05) is 31.0 Å². The molecule has 0 saturated carbocycles. The van der Waals surface area contributed by atoms with Crippen molar-refractivity contribution in [2.75, 3.05) is 5.32 Å². The number of carbonyl (C=O) groups excluding carboxylic acids is 1. The lowest BCUT2D eigenvalue weighted by Gasteiger charge is -2.05. The summed E-state index contributed by atoms with van der Waals surface area (Å²) in [5.41, 5.74) is 0.648. The van der Waals surface area contributed by atoms with Crippen LogP contribution < -0.4 is 5.32 Å². The van der Waals surface area contributed by atoms with Crippen LogP contribution in [-0.4, -0.2) is 11.0 Å². The van der Waals surface area contributed by atoms with Crippen molar-refractivity contribution in [3.63, 3.8) is 0 Å². The van der Waals surface area contributed by atoms with Gasteiger partial charge < -0.3 is 10.4 Å². The number of phenolic OH excluding ortho intramolecular Hbond substituents is 1. The molecule has 0 fully saturated rings. The number of aromatic hydroxyl groups is 1. The van der Waals surface area contributed by atoms with Crippen LogP contribution in [0.4, 0.5) is 5.69 Å². The van der Waals surface area contributed by atoms with Gasteiger partial charge in [-0.25, -0.2) is 0 Å². The van der Waals surface area contributed by atoms with E-state index in [4.69, 9.17) is 0 Å². The smallest absolute Gasteiger partial charge is 0.224 e. The van der Waals surface area contributed by atoms with E-state index in [2.05, 4.69) is 35.9 Å². The first kappa shape index (κ1) is 29.6. The maximum Gasteiger partial charge on any atom is 0.224 e. The van der Waals surface area contributed by atoms with E-state index in [0.29, 0.717) is 12.1 Å². The fourth-order valence-corrected chi connectivity index (χ4v) is 3.93. The van der Waals surface area contributed by atoms with E-state index in [1.807, 2.05) is 0 Å². The van der Waals surface area contributed by atoms with Crippen LogP contribution in [0.5, 0.6) is 5.75 Å². The second-order valence-electron chi connectivity index (χ2n) is 9.26. The van der Waals surface area contributed by atoms with Gasteiger partial charge in [-0.2, -0.15) is 0 Å². The average molecular weight is 466 g/mol. The highest BCUT2D eigenvalue weighted by molar-refractivity contribution is 5.90. The second kappa shape index (κ2) is 22.4. The van der Waals surface area contributed by atoms with E-state index < -0.39 is 0 Å². The molecule has 0 atom stereocenters. The Labute approximate surface area is 209 Å². The van der Waals surface area contributed by atoms with E-state index in [-0.39, 0.29) is 11.7 Å². The van der Waals surface area contributed by atoms with Crippen LogP contribution in [0.15, 0.2) is 24.3 Å². The van der Waals surface area contributed by atoms with E-state index in [1.54, 1.807) is 24.3 Å². The molecule has 0 saturated heterocycles. The van der Waals surface area contributed by atoms with Gasteiger partial charge in [-0.3, -0.25) is 4.79 Å². The number of unbranched alkanes of at least 4 members (excludes halogenated alkanes) is 16. The average Bonchev–Trinajstić information content (AvgIpc) is 2.82. The summed E-state index contributed by atoms with van der Waals surface area (Å²) in [6.07, 6.45) is 22.7. The molecule has 0 spiro atoms. The van der Waals surface area contributed by atoms with E-state index in [1.165, 1.54) is 77.0 Å². The highest BCUT2D eigenvalue weighted by atomic mass is 16.3. The van der Waals surface area contributed by atoms with Crippen molar-refractivity contribution >= 4 is 11.6 Å². The number of benzene rings is 1. The number of hydrogen-bond acceptors (Lipinski definition) is 2. The Kier molecular flexibility index (Phi) is 19.5. The van der Waals surface area contributed by atoms with E-state index in [9.17, 15) is 9.90 Å². The summed E-state index contributed by atoms with van der Waals surface area (Å²) in [4.78, 5) is 11.9. The number of phenols is 1. The van der Waals surface area contributed by atoms with Gasteiger partial charge in [0.2, 0.25) is 5.91 Å². The topological polar surface area (TPSA) is 49.3 Å². The van der Waals surface area contributed by atoms with Crippen LogP contribution in [0.3, 0.4) is 0 Å². The molecule has 0 heterocycles. The molecule has 0 aliphatic heterocycles. The summed E-state index contributed by atoms with van der Waals surface area (Å²) >= 11 is 0. The van der Waals surface area contributed by atoms with Gasteiger partial charge in [-0.05, 0) is 43.2 Å². The fourth-order valence-electron chi connectivity index (χ4n) is 3.93. The maximum atomic E-state index is 11.9. The van der Waals surface area contributed by atoms with Crippen molar-refractivity contribution in [1.29, 1.82) is 0 Å². The first-order valence-electron chi connectivity index (χ1n) is 13.8. The molecule has 0 radical (unpaired) electrons. The molecule has 0 aliphatic carbocycles. The van der Waals surface area contributed by atoms with Crippen LogP contribution in [0, 0.1) is 23.7 Å². The SMILES string of the molecule is CCCCCCCCCCCCC#CC#CCCCCCCCCC(=O)Nc1cccc(O)c1. The van der Waals surface area contributed by atoms with Crippen LogP contribution in [0.25, 0.3) is 0 Å². The van der Waals surface area contributed by atoms with Crippen LogP contribution in [0.1, 0.15) is 129 Å². The van der Waals surface area contributed by atoms with Crippen molar-refractivity contribution in [3.05, 3.63) is 24.3 Å².